The summed E-state index contributed by atoms with van der Waals surface area (Å²) in [6.07, 6.45) is 3.46. The number of hydrogen-bond acceptors (Lipinski definition) is 3. The highest BCUT2D eigenvalue weighted by Crippen LogP contribution is 2.29. The van der Waals surface area contributed by atoms with Crippen LogP contribution >= 0.6 is 11.6 Å². The number of hydrogen-bond donors (Lipinski definition) is 1. The molecule has 2 aliphatic rings. The minimum absolute atomic E-state index is 0.219. The fourth-order valence-corrected chi connectivity index (χ4v) is 3.88. The van der Waals surface area contributed by atoms with Gasteiger partial charge >= 0.3 is 0 Å². The van der Waals surface area contributed by atoms with E-state index in [1.165, 1.54) is 6.42 Å². The normalized spacial score (nSPS) is 24.4. The van der Waals surface area contributed by atoms with E-state index in [9.17, 15) is 4.79 Å². The Morgan fingerprint density at radius 3 is 2.74 bits per heavy atom. The molecule has 2 aliphatic heterocycles. The SMILES string of the molecule is CC1CNCCN1C(C(=O)N1CCCCC1)c1cccc(Cl)c1. The number of likely N-dealkylation sites (tertiary alicyclic amines) is 1. The molecule has 1 aromatic carbocycles. The third-order valence-electron chi connectivity index (χ3n) is 4.95. The van der Waals surface area contributed by atoms with Gasteiger partial charge in [-0.15, -0.1) is 0 Å². The summed E-state index contributed by atoms with van der Waals surface area (Å²) < 4.78 is 0. The smallest absolute Gasteiger partial charge is 0.244 e. The molecule has 0 saturated carbocycles. The second kappa shape index (κ2) is 7.65. The molecule has 4 nitrogen and oxygen atoms in total. The number of carbonyl (C=O) groups is 1. The molecule has 0 aliphatic carbocycles. The molecule has 0 bridgehead atoms. The van der Waals surface area contributed by atoms with Crippen molar-refractivity contribution in [1.82, 2.24) is 15.1 Å². The van der Waals surface area contributed by atoms with Gasteiger partial charge in [-0.2, -0.15) is 0 Å². The Balaban J connectivity index is 1.90. The summed E-state index contributed by atoms with van der Waals surface area (Å²) in [6, 6.07) is 7.91. The number of piperidine rings is 1. The van der Waals surface area contributed by atoms with Gasteiger partial charge < -0.3 is 10.2 Å². The predicted octanol–water partition coefficient (Wildman–Crippen LogP) is 2.69. The van der Waals surface area contributed by atoms with E-state index in [0.717, 1.165) is 51.1 Å². The van der Waals surface area contributed by atoms with Gasteiger partial charge in [-0.1, -0.05) is 23.7 Å². The van der Waals surface area contributed by atoms with Crippen molar-refractivity contribution in [2.45, 2.75) is 38.3 Å². The van der Waals surface area contributed by atoms with Crippen LogP contribution in [0.2, 0.25) is 5.02 Å². The van der Waals surface area contributed by atoms with E-state index in [-0.39, 0.29) is 11.9 Å². The molecular weight excluding hydrogens is 310 g/mol. The Hall–Kier alpha value is -1.10. The zero-order valence-electron chi connectivity index (χ0n) is 13.8. The number of amides is 1. The molecule has 2 atom stereocenters. The van der Waals surface area contributed by atoms with Crippen molar-refractivity contribution in [2.75, 3.05) is 32.7 Å². The average molecular weight is 336 g/mol. The topological polar surface area (TPSA) is 35.6 Å². The molecule has 0 aromatic heterocycles. The minimum atomic E-state index is -0.219. The number of carbonyl (C=O) groups excluding carboxylic acids is 1. The molecule has 1 aromatic rings. The molecule has 2 fully saturated rings. The summed E-state index contributed by atoms with van der Waals surface area (Å²) in [7, 11) is 0. The van der Waals surface area contributed by atoms with E-state index in [1.54, 1.807) is 0 Å². The van der Waals surface area contributed by atoms with Gasteiger partial charge in [0.05, 0.1) is 0 Å². The van der Waals surface area contributed by atoms with Crippen LogP contribution in [-0.2, 0) is 4.79 Å². The molecule has 0 radical (unpaired) electrons. The lowest BCUT2D eigenvalue weighted by atomic mass is 9.99. The zero-order valence-corrected chi connectivity index (χ0v) is 14.6. The van der Waals surface area contributed by atoms with Crippen molar-refractivity contribution in [2.24, 2.45) is 0 Å². The summed E-state index contributed by atoms with van der Waals surface area (Å²) in [5, 5.41) is 4.10. The Bertz CT molecular complexity index is 545. The first kappa shape index (κ1) is 16.7. The molecule has 2 heterocycles. The van der Waals surface area contributed by atoms with Gasteiger partial charge in [-0.05, 0) is 43.9 Å². The van der Waals surface area contributed by atoms with E-state index < -0.39 is 0 Å². The average Bonchev–Trinajstić information content (AvgIpc) is 2.58. The first-order valence-electron chi connectivity index (χ1n) is 8.67. The molecule has 2 unspecified atom stereocenters. The van der Waals surface area contributed by atoms with E-state index in [4.69, 9.17) is 11.6 Å². The lowest BCUT2D eigenvalue weighted by molar-refractivity contribution is -0.139. The van der Waals surface area contributed by atoms with Gasteiger partial charge in [0.15, 0.2) is 0 Å². The molecule has 1 amide bonds. The summed E-state index contributed by atoms with van der Waals surface area (Å²) in [5.41, 5.74) is 1.02. The van der Waals surface area contributed by atoms with Gasteiger partial charge in [0.1, 0.15) is 6.04 Å². The Kier molecular flexibility index (Phi) is 5.57. The molecule has 0 spiro atoms. The third-order valence-corrected chi connectivity index (χ3v) is 5.19. The number of piperazine rings is 1. The molecule has 126 valence electrons. The maximum atomic E-state index is 13.3. The molecule has 1 N–H and O–H groups in total. The number of halogens is 1. The van der Waals surface area contributed by atoms with Gasteiger partial charge in [0.2, 0.25) is 5.91 Å². The zero-order chi connectivity index (χ0) is 16.2. The monoisotopic (exact) mass is 335 g/mol. The Morgan fingerprint density at radius 1 is 1.26 bits per heavy atom. The third kappa shape index (κ3) is 3.87. The number of rotatable bonds is 3. The second-order valence-electron chi connectivity index (χ2n) is 6.63. The van der Waals surface area contributed by atoms with E-state index >= 15 is 0 Å². The first-order valence-corrected chi connectivity index (χ1v) is 9.05. The van der Waals surface area contributed by atoms with Gasteiger partial charge in [0.25, 0.3) is 0 Å². The van der Waals surface area contributed by atoms with Crippen molar-refractivity contribution in [3.63, 3.8) is 0 Å². The number of nitrogens with one attached hydrogen (secondary N) is 1. The molecule has 2 saturated heterocycles. The van der Waals surface area contributed by atoms with E-state index in [2.05, 4.69) is 17.1 Å². The lowest BCUT2D eigenvalue weighted by Gasteiger charge is -2.41. The molecule has 23 heavy (non-hydrogen) atoms. The highest BCUT2D eigenvalue weighted by atomic mass is 35.5. The molecular formula is C18H26ClN3O. The highest BCUT2D eigenvalue weighted by molar-refractivity contribution is 6.30. The van der Waals surface area contributed by atoms with Crippen molar-refractivity contribution >= 4 is 17.5 Å². The maximum Gasteiger partial charge on any atom is 0.244 e. The van der Waals surface area contributed by atoms with Crippen LogP contribution in [0, 0.1) is 0 Å². The summed E-state index contributed by atoms with van der Waals surface area (Å²) in [5.74, 6) is 0.237. The van der Waals surface area contributed by atoms with Crippen LogP contribution in [0.1, 0.15) is 37.8 Å². The lowest BCUT2D eigenvalue weighted by Crippen LogP contribution is -2.55. The second-order valence-corrected chi connectivity index (χ2v) is 7.07. The predicted molar refractivity (Wildman–Crippen MR) is 93.7 cm³/mol. The summed E-state index contributed by atoms with van der Waals surface area (Å²) >= 11 is 6.20. The Morgan fingerprint density at radius 2 is 2.04 bits per heavy atom. The standard InChI is InChI=1S/C18H26ClN3O/c1-14-13-20-8-11-22(14)17(15-6-5-7-16(19)12-15)18(23)21-9-3-2-4-10-21/h5-7,12,14,17,20H,2-4,8-11,13H2,1H3. The van der Waals surface area contributed by atoms with Crippen LogP contribution in [-0.4, -0.2) is 54.5 Å². The molecule has 3 rings (SSSR count). The van der Waals surface area contributed by atoms with Crippen LogP contribution in [0.4, 0.5) is 0 Å². The number of benzene rings is 1. The fourth-order valence-electron chi connectivity index (χ4n) is 3.68. The van der Waals surface area contributed by atoms with Crippen LogP contribution in [0.5, 0.6) is 0 Å². The van der Waals surface area contributed by atoms with Crippen LogP contribution in [0.25, 0.3) is 0 Å². The maximum absolute atomic E-state index is 13.3. The quantitative estimate of drug-likeness (QED) is 0.922. The minimum Gasteiger partial charge on any atom is -0.341 e. The number of nitrogens with zero attached hydrogens (tertiary/aromatic N) is 2. The highest BCUT2D eigenvalue weighted by Gasteiger charge is 2.35. The van der Waals surface area contributed by atoms with Gasteiger partial charge in [-0.3, -0.25) is 9.69 Å². The largest absolute Gasteiger partial charge is 0.341 e. The van der Waals surface area contributed by atoms with Gasteiger partial charge in [-0.25, -0.2) is 0 Å². The van der Waals surface area contributed by atoms with Crippen molar-refractivity contribution in [3.8, 4) is 0 Å². The van der Waals surface area contributed by atoms with Crippen LogP contribution < -0.4 is 5.32 Å². The Labute approximate surface area is 143 Å². The fraction of sp³-hybridized carbons (Fsp3) is 0.611. The van der Waals surface area contributed by atoms with Crippen molar-refractivity contribution in [1.29, 1.82) is 0 Å². The first-order chi connectivity index (χ1) is 11.2. The van der Waals surface area contributed by atoms with Crippen molar-refractivity contribution < 1.29 is 4.79 Å². The van der Waals surface area contributed by atoms with Crippen LogP contribution in [0.3, 0.4) is 0 Å². The summed E-state index contributed by atoms with van der Waals surface area (Å²) in [6.45, 7) is 6.69. The van der Waals surface area contributed by atoms with E-state index in [0.29, 0.717) is 11.1 Å². The van der Waals surface area contributed by atoms with Crippen LogP contribution in [0.15, 0.2) is 24.3 Å². The molecule has 5 heteroatoms. The van der Waals surface area contributed by atoms with Crippen molar-refractivity contribution in [3.05, 3.63) is 34.9 Å². The summed E-state index contributed by atoms with van der Waals surface area (Å²) in [4.78, 5) is 17.7. The van der Waals surface area contributed by atoms with Gasteiger partial charge in [0, 0.05) is 43.8 Å². The van der Waals surface area contributed by atoms with E-state index in [1.807, 2.05) is 29.2 Å².